The normalized spacial score (nSPS) is 11.5. The van der Waals surface area contributed by atoms with Crippen LogP contribution in [0.5, 0.6) is 5.75 Å². The minimum Gasteiger partial charge on any atom is -0.406 e. The van der Waals surface area contributed by atoms with Crippen molar-refractivity contribution in [1.82, 2.24) is 20.1 Å². The Morgan fingerprint density at radius 3 is 2.34 bits per heavy atom. The summed E-state index contributed by atoms with van der Waals surface area (Å²) >= 11 is 0. The van der Waals surface area contributed by atoms with Crippen molar-refractivity contribution in [3.8, 4) is 22.8 Å². The number of halogens is 3. The second-order valence-corrected chi connectivity index (χ2v) is 8.18. The molecule has 0 radical (unpaired) electrons. The van der Waals surface area contributed by atoms with Gasteiger partial charge in [-0.05, 0) is 47.4 Å². The Balaban J connectivity index is 1.40. The topological polar surface area (TPSA) is 69.0 Å². The Morgan fingerprint density at radius 2 is 1.69 bits per heavy atom. The molecule has 0 bridgehead atoms. The van der Waals surface area contributed by atoms with Gasteiger partial charge >= 0.3 is 6.36 Å². The number of nitrogens with zero attached hydrogens (tertiary/aromatic N) is 3. The van der Waals surface area contributed by atoms with Gasteiger partial charge in [0.25, 0.3) is 5.91 Å². The van der Waals surface area contributed by atoms with Crippen molar-refractivity contribution in [3.05, 3.63) is 95.8 Å². The Kier molecular flexibility index (Phi) is 6.86. The van der Waals surface area contributed by atoms with Gasteiger partial charge in [0.2, 0.25) is 0 Å². The van der Waals surface area contributed by atoms with Crippen LogP contribution in [0.2, 0.25) is 0 Å². The average Bonchev–Trinajstić information content (AvgIpc) is 3.32. The highest BCUT2D eigenvalue weighted by Gasteiger charge is 2.31. The molecule has 0 unspecified atom stereocenters. The predicted molar refractivity (Wildman–Crippen MR) is 125 cm³/mol. The highest BCUT2D eigenvalue weighted by Crippen LogP contribution is 2.24. The lowest BCUT2D eigenvalue weighted by Crippen LogP contribution is -2.24. The van der Waals surface area contributed by atoms with Crippen LogP contribution in [0, 0.1) is 0 Å². The first-order valence-corrected chi connectivity index (χ1v) is 10.9. The maximum absolute atomic E-state index is 12.7. The second kappa shape index (κ2) is 10.0. The fourth-order valence-electron chi connectivity index (χ4n) is 3.58. The molecule has 9 heteroatoms. The highest BCUT2D eigenvalue weighted by atomic mass is 19.4. The van der Waals surface area contributed by atoms with Gasteiger partial charge in [-0.25, -0.2) is 9.67 Å². The summed E-state index contributed by atoms with van der Waals surface area (Å²) in [4.78, 5) is 16.9. The van der Waals surface area contributed by atoms with E-state index in [4.69, 9.17) is 0 Å². The van der Waals surface area contributed by atoms with Crippen LogP contribution in [0.3, 0.4) is 0 Å². The van der Waals surface area contributed by atoms with E-state index in [0.717, 1.165) is 16.7 Å². The lowest BCUT2D eigenvalue weighted by atomic mass is 9.97. The molecule has 0 aliphatic heterocycles. The van der Waals surface area contributed by atoms with Crippen LogP contribution in [-0.4, -0.2) is 27.0 Å². The largest absolute Gasteiger partial charge is 0.573 e. The highest BCUT2D eigenvalue weighted by molar-refractivity contribution is 5.95. The molecule has 35 heavy (non-hydrogen) atoms. The summed E-state index contributed by atoms with van der Waals surface area (Å²) in [5.41, 5.74) is 3.90. The molecule has 0 saturated carbocycles. The standard InChI is InChI=1S/C26H23F3N4O2/c1-17(2)22-5-3-4-6-23(22)25(34)30-15-18-7-9-19(10-8-18)24-31-16-33(32-24)20-11-13-21(14-12-20)35-26(27,28)29/h3-14,16-17H,15H2,1-2H3,(H,30,34). The van der Waals surface area contributed by atoms with Crippen molar-refractivity contribution in [2.45, 2.75) is 32.7 Å². The van der Waals surface area contributed by atoms with Gasteiger partial charge in [-0.2, -0.15) is 0 Å². The lowest BCUT2D eigenvalue weighted by molar-refractivity contribution is -0.274. The van der Waals surface area contributed by atoms with E-state index in [1.807, 2.05) is 48.5 Å². The van der Waals surface area contributed by atoms with Crippen molar-refractivity contribution in [1.29, 1.82) is 0 Å². The van der Waals surface area contributed by atoms with Crippen LogP contribution < -0.4 is 10.1 Å². The van der Waals surface area contributed by atoms with Gasteiger partial charge in [0.05, 0.1) is 5.69 Å². The van der Waals surface area contributed by atoms with E-state index < -0.39 is 6.36 Å². The zero-order valence-electron chi connectivity index (χ0n) is 19.1. The first-order chi connectivity index (χ1) is 16.7. The number of hydrogen-bond acceptors (Lipinski definition) is 4. The maximum Gasteiger partial charge on any atom is 0.573 e. The molecule has 1 N–H and O–H groups in total. The van der Waals surface area contributed by atoms with Crippen LogP contribution in [-0.2, 0) is 6.54 Å². The van der Waals surface area contributed by atoms with Crippen LogP contribution in [0.15, 0.2) is 79.1 Å². The summed E-state index contributed by atoms with van der Waals surface area (Å²) in [6, 6.07) is 20.4. The van der Waals surface area contributed by atoms with E-state index in [9.17, 15) is 18.0 Å². The van der Waals surface area contributed by atoms with Crippen molar-refractivity contribution < 1.29 is 22.7 Å². The molecule has 0 aliphatic carbocycles. The van der Waals surface area contributed by atoms with E-state index in [2.05, 4.69) is 34.0 Å². The molecule has 0 spiro atoms. The number of carbonyl (C=O) groups excluding carboxylic acids is 1. The summed E-state index contributed by atoms with van der Waals surface area (Å²) < 4.78 is 42.3. The summed E-state index contributed by atoms with van der Waals surface area (Å²) in [6.07, 6.45) is -3.26. The minimum absolute atomic E-state index is 0.120. The zero-order chi connectivity index (χ0) is 25.0. The van der Waals surface area contributed by atoms with Crippen LogP contribution in [0.4, 0.5) is 13.2 Å². The Hall–Kier alpha value is -4.14. The maximum atomic E-state index is 12.7. The molecule has 1 amide bonds. The van der Waals surface area contributed by atoms with Crippen LogP contribution in [0.1, 0.15) is 41.3 Å². The molecular weight excluding hydrogens is 457 g/mol. The number of carbonyl (C=O) groups is 1. The first kappa shape index (κ1) is 24.0. The second-order valence-electron chi connectivity index (χ2n) is 8.18. The Labute approximate surface area is 200 Å². The minimum atomic E-state index is -4.74. The fraction of sp³-hybridized carbons (Fsp3) is 0.192. The van der Waals surface area contributed by atoms with Crippen molar-refractivity contribution in [2.75, 3.05) is 0 Å². The fourth-order valence-corrected chi connectivity index (χ4v) is 3.58. The molecule has 3 aromatic carbocycles. The van der Waals surface area contributed by atoms with E-state index in [0.29, 0.717) is 23.6 Å². The molecule has 180 valence electrons. The van der Waals surface area contributed by atoms with Gasteiger partial charge in [-0.3, -0.25) is 4.79 Å². The number of alkyl halides is 3. The van der Waals surface area contributed by atoms with Crippen LogP contribution >= 0.6 is 0 Å². The summed E-state index contributed by atoms with van der Waals surface area (Å²) in [5.74, 6) is 0.277. The van der Waals surface area contributed by atoms with E-state index in [1.165, 1.54) is 35.3 Å². The van der Waals surface area contributed by atoms with E-state index in [1.54, 1.807) is 0 Å². The molecule has 4 aromatic rings. The number of rotatable bonds is 7. The number of benzene rings is 3. The molecule has 1 heterocycles. The monoisotopic (exact) mass is 480 g/mol. The number of amides is 1. The van der Waals surface area contributed by atoms with Gasteiger partial charge in [0, 0.05) is 17.7 Å². The molecule has 1 aromatic heterocycles. The molecule has 6 nitrogen and oxygen atoms in total. The Morgan fingerprint density at radius 1 is 1.00 bits per heavy atom. The van der Waals surface area contributed by atoms with Crippen molar-refractivity contribution in [3.63, 3.8) is 0 Å². The predicted octanol–water partition coefficient (Wildman–Crippen LogP) is 5.89. The van der Waals surface area contributed by atoms with E-state index in [-0.39, 0.29) is 17.6 Å². The van der Waals surface area contributed by atoms with Gasteiger partial charge in [-0.15, -0.1) is 18.3 Å². The van der Waals surface area contributed by atoms with Gasteiger partial charge in [0.1, 0.15) is 12.1 Å². The lowest BCUT2D eigenvalue weighted by Gasteiger charge is -2.12. The van der Waals surface area contributed by atoms with Gasteiger partial charge < -0.3 is 10.1 Å². The molecule has 0 aliphatic rings. The van der Waals surface area contributed by atoms with Gasteiger partial charge in [0.15, 0.2) is 5.82 Å². The third kappa shape index (κ3) is 6.06. The molecule has 4 rings (SSSR count). The SMILES string of the molecule is CC(C)c1ccccc1C(=O)NCc1ccc(-c2ncn(-c3ccc(OC(F)(F)F)cc3)n2)cc1. The molecule has 0 fully saturated rings. The van der Waals surface area contributed by atoms with Crippen LogP contribution in [0.25, 0.3) is 17.1 Å². The average molecular weight is 480 g/mol. The molecule has 0 saturated heterocycles. The molecular formula is C26H23F3N4O2. The smallest absolute Gasteiger partial charge is 0.406 e. The quantitative estimate of drug-likeness (QED) is 0.358. The van der Waals surface area contributed by atoms with Crippen molar-refractivity contribution >= 4 is 5.91 Å². The number of aromatic nitrogens is 3. The van der Waals surface area contributed by atoms with Crippen molar-refractivity contribution in [2.24, 2.45) is 0 Å². The molecule has 0 atom stereocenters. The number of nitrogens with one attached hydrogen (secondary N) is 1. The third-order valence-corrected chi connectivity index (χ3v) is 5.32. The number of ether oxygens (including phenoxy) is 1. The third-order valence-electron chi connectivity index (χ3n) is 5.32. The summed E-state index contributed by atoms with van der Waals surface area (Å²) in [6.45, 7) is 4.48. The number of hydrogen-bond donors (Lipinski definition) is 1. The zero-order valence-corrected chi connectivity index (χ0v) is 19.1. The van der Waals surface area contributed by atoms with E-state index >= 15 is 0 Å². The first-order valence-electron chi connectivity index (χ1n) is 10.9. The van der Waals surface area contributed by atoms with Gasteiger partial charge in [-0.1, -0.05) is 56.3 Å². The Bertz CT molecular complexity index is 1300. The summed E-state index contributed by atoms with van der Waals surface area (Å²) in [5, 5.41) is 7.36. The summed E-state index contributed by atoms with van der Waals surface area (Å²) in [7, 11) is 0.